The zero-order chi connectivity index (χ0) is 9.03. The Morgan fingerprint density at radius 2 is 1.86 bits per heavy atom. The predicted octanol–water partition coefficient (Wildman–Crippen LogP) is 1.88. The highest BCUT2D eigenvalue weighted by Crippen LogP contribution is 2.15. The van der Waals surface area contributed by atoms with Gasteiger partial charge in [-0.25, -0.2) is 0 Å². The van der Waals surface area contributed by atoms with Crippen molar-refractivity contribution >= 4 is 5.91 Å². The van der Waals surface area contributed by atoms with Crippen molar-refractivity contribution in [2.45, 2.75) is 34.6 Å². The first-order valence-electron chi connectivity index (χ1n) is 4.76. The summed E-state index contributed by atoms with van der Waals surface area (Å²) in [7, 11) is 2.17. The molecule has 1 aliphatic rings. The lowest BCUT2D eigenvalue weighted by Crippen LogP contribution is -2.48. The summed E-state index contributed by atoms with van der Waals surface area (Å²) in [6.07, 6.45) is 2.55. The number of amides is 1. The second-order valence-electron chi connectivity index (χ2n) is 3.89. The number of likely N-dealkylation sites (N-methyl/N-ethyl adjacent to an activating group) is 2. The van der Waals surface area contributed by atoms with Gasteiger partial charge in [0.25, 0.3) is 5.91 Å². The summed E-state index contributed by atoms with van der Waals surface area (Å²) in [6.45, 7) is 5.70. The average Bonchev–Trinajstić information content (AvgIpc) is 2.36. The highest BCUT2D eigenvalue weighted by molar-refractivity contribution is 5.76. The van der Waals surface area contributed by atoms with Crippen LogP contribution >= 0.6 is 0 Å². The Hall–Kier alpha value is -0.570. The van der Waals surface area contributed by atoms with E-state index in [-0.39, 0.29) is 22.2 Å². The number of hydrogen-bond donors (Lipinski definition) is 1. The summed E-state index contributed by atoms with van der Waals surface area (Å²) in [5, 5.41) is 2.84. The van der Waals surface area contributed by atoms with Crippen LogP contribution in [-0.2, 0) is 4.79 Å². The zero-order valence-electron chi connectivity index (χ0n) is 8.10. The first kappa shape index (κ1) is 15.9. The van der Waals surface area contributed by atoms with Crippen LogP contribution in [0.15, 0.2) is 0 Å². The highest BCUT2D eigenvalue weighted by Gasteiger charge is 2.28. The normalized spacial score (nSPS) is 17.9. The van der Waals surface area contributed by atoms with E-state index in [9.17, 15) is 4.79 Å². The minimum Gasteiger partial charge on any atom is -0.351 e. The third-order valence-corrected chi connectivity index (χ3v) is 2.55. The molecule has 0 radical (unpaired) electrons. The number of carbonyl (C=O) groups excluding carboxylic acids is 1. The minimum absolute atomic E-state index is 0. The van der Waals surface area contributed by atoms with Crippen LogP contribution in [0, 0.1) is 0 Å². The van der Waals surface area contributed by atoms with Gasteiger partial charge in [0.15, 0.2) is 6.54 Å². The van der Waals surface area contributed by atoms with Crippen LogP contribution in [0.4, 0.5) is 0 Å². The molecule has 1 N–H and O–H groups in total. The smallest absolute Gasteiger partial charge is 0.275 e. The second-order valence-corrected chi connectivity index (χ2v) is 3.89. The van der Waals surface area contributed by atoms with E-state index in [1.54, 1.807) is 0 Å². The molecule has 0 aliphatic carbocycles. The summed E-state index contributed by atoms with van der Waals surface area (Å²) in [4.78, 5) is 11.3. The fourth-order valence-electron chi connectivity index (χ4n) is 1.86. The Labute approximate surface area is 90.6 Å². The van der Waals surface area contributed by atoms with Gasteiger partial charge in [-0.2, -0.15) is 0 Å². The summed E-state index contributed by atoms with van der Waals surface area (Å²) < 4.78 is 0.936. The van der Waals surface area contributed by atoms with E-state index in [2.05, 4.69) is 12.4 Å². The molecule has 3 heteroatoms. The van der Waals surface area contributed by atoms with Gasteiger partial charge in [0, 0.05) is 20.8 Å². The van der Waals surface area contributed by atoms with Crippen molar-refractivity contribution in [1.82, 2.24) is 5.32 Å². The van der Waals surface area contributed by atoms with Crippen molar-refractivity contribution in [2.75, 3.05) is 33.2 Å². The second kappa shape index (κ2) is 6.82. The van der Waals surface area contributed by atoms with Gasteiger partial charge in [0.05, 0.1) is 20.1 Å². The fraction of sp³-hybridized carbons (Fsp3) is 0.909. The SMILES string of the molecule is C.C.CCNC(=O)C[N+]1(C)CCCC1.[HH]. The van der Waals surface area contributed by atoms with Crippen molar-refractivity contribution in [3.8, 4) is 0 Å². The molecule has 14 heavy (non-hydrogen) atoms. The molecule has 1 saturated heterocycles. The number of rotatable bonds is 3. The Kier molecular flexibility index (Phi) is 7.74. The van der Waals surface area contributed by atoms with E-state index >= 15 is 0 Å². The molecule has 1 amide bonds. The van der Waals surface area contributed by atoms with Crippen LogP contribution in [0.25, 0.3) is 0 Å². The van der Waals surface area contributed by atoms with E-state index in [0.717, 1.165) is 24.1 Å². The van der Waals surface area contributed by atoms with E-state index < -0.39 is 0 Å². The Morgan fingerprint density at radius 3 is 2.29 bits per heavy atom. The Balaban J connectivity index is -0.000000480. The topological polar surface area (TPSA) is 29.1 Å². The van der Waals surface area contributed by atoms with Gasteiger partial charge in [-0.05, 0) is 6.92 Å². The summed E-state index contributed by atoms with van der Waals surface area (Å²) in [5.74, 6) is 0.196. The quantitative estimate of drug-likeness (QED) is 0.700. The van der Waals surface area contributed by atoms with Gasteiger partial charge in [-0.3, -0.25) is 4.79 Å². The van der Waals surface area contributed by atoms with Crippen LogP contribution in [0.3, 0.4) is 0 Å². The molecular formula is C11H29N2O+. The molecule has 0 saturated carbocycles. The van der Waals surface area contributed by atoms with E-state index in [0.29, 0.717) is 6.54 Å². The lowest BCUT2D eigenvalue weighted by atomic mass is 10.4. The first-order valence-corrected chi connectivity index (χ1v) is 4.76. The molecule has 0 unspecified atom stereocenters. The number of hydrogen-bond acceptors (Lipinski definition) is 1. The third kappa shape index (κ3) is 4.61. The maximum Gasteiger partial charge on any atom is 0.275 e. The standard InChI is InChI=1S/C9H18N2O.2CH4.H2/c1-3-10-9(12)8-11(2)6-4-5-7-11;;;/h3-8H2,1-2H3;2*1H4;1H/p+1. The number of quaternary nitrogens is 1. The molecule has 0 aromatic heterocycles. The van der Waals surface area contributed by atoms with Crippen molar-refractivity contribution in [2.24, 2.45) is 0 Å². The molecular weight excluding hydrogens is 176 g/mol. The number of nitrogens with one attached hydrogen (secondary N) is 1. The molecule has 1 aliphatic heterocycles. The van der Waals surface area contributed by atoms with Crippen LogP contribution in [0.2, 0.25) is 0 Å². The Morgan fingerprint density at radius 1 is 1.36 bits per heavy atom. The maximum atomic E-state index is 11.3. The van der Waals surface area contributed by atoms with Crippen LogP contribution < -0.4 is 5.32 Å². The lowest BCUT2D eigenvalue weighted by molar-refractivity contribution is -0.889. The van der Waals surface area contributed by atoms with Gasteiger partial charge in [0.2, 0.25) is 0 Å². The van der Waals surface area contributed by atoms with E-state index in [4.69, 9.17) is 0 Å². The fourth-order valence-corrected chi connectivity index (χ4v) is 1.86. The third-order valence-electron chi connectivity index (χ3n) is 2.55. The van der Waals surface area contributed by atoms with Gasteiger partial charge in [-0.1, -0.05) is 14.9 Å². The van der Waals surface area contributed by atoms with Crippen molar-refractivity contribution in [3.05, 3.63) is 0 Å². The molecule has 88 valence electrons. The van der Waals surface area contributed by atoms with Crippen molar-refractivity contribution in [3.63, 3.8) is 0 Å². The molecule has 1 fully saturated rings. The molecule has 0 atom stereocenters. The molecule has 0 aromatic carbocycles. The predicted molar refractivity (Wildman–Crippen MR) is 64.3 cm³/mol. The molecule has 1 rings (SSSR count). The molecule has 0 spiro atoms. The summed E-state index contributed by atoms with van der Waals surface area (Å²) >= 11 is 0. The van der Waals surface area contributed by atoms with Gasteiger partial charge >= 0.3 is 0 Å². The largest absolute Gasteiger partial charge is 0.351 e. The van der Waals surface area contributed by atoms with Crippen LogP contribution in [-0.4, -0.2) is 43.6 Å². The average molecular weight is 205 g/mol. The summed E-state index contributed by atoms with van der Waals surface area (Å²) in [6, 6.07) is 0. The number of carbonyl (C=O) groups is 1. The number of likely N-dealkylation sites (tertiary alicyclic amines) is 1. The minimum atomic E-state index is 0. The molecule has 1 heterocycles. The van der Waals surface area contributed by atoms with Crippen molar-refractivity contribution in [1.29, 1.82) is 0 Å². The maximum absolute atomic E-state index is 11.3. The van der Waals surface area contributed by atoms with E-state index in [1.165, 1.54) is 12.8 Å². The lowest BCUT2D eigenvalue weighted by Gasteiger charge is -2.27. The van der Waals surface area contributed by atoms with Gasteiger partial charge in [-0.15, -0.1) is 0 Å². The Bertz CT molecular complexity index is 168. The molecule has 3 nitrogen and oxygen atoms in total. The zero-order valence-corrected chi connectivity index (χ0v) is 8.10. The summed E-state index contributed by atoms with van der Waals surface area (Å²) in [5.41, 5.74) is 0. The monoisotopic (exact) mass is 205 g/mol. The first-order chi connectivity index (χ1) is 5.66. The molecule has 0 aromatic rings. The number of nitrogens with zero attached hydrogens (tertiary/aromatic N) is 1. The highest BCUT2D eigenvalue weighted by atomic mass is 16.2. The van der Waals surface area contributed by atoms with Crippen LogP contribution in [0.5, 0.6) is 0 Å². The van der Waals surface area contributed by atoms with Crippen molar-refractivity contribution < 1.29 is 10.7 Å². The van der Waals surface area contributed by atoms with E-state index in [1.807, 2.05) is 6.92 Å². The van der Waals surface area contributed by atoms with Gasteiger partial charge < -0.3 is 9.80 Å². The molecule has 0 bridgehead atoms. The van der Waals surface area contributed by atoms with Gasteiger partial charge in [0.1, 0.15) is 0 Å². The van der Waals surface area contributed by atoms with Crippen LogP contribution in [0.1, 0.15) is 36.0 Å².